The zero-order valence-electron chi connectivity index (χ0n) is 9.37. The van der Waals surface area contributed by atoms with Crippen molar-refractivity contribution in [1.82, 2.24) is 0 Å². The van der Waals surface area contributed by atoms with Crippen LogP contribution in [0.25, 0.3) is 0 Å². The van der Waals surface area contributed by atoms with Gasteiger partial charge in [0.05, 0.1) is 0 Å². The number of unbranched alkanes of at least 4 members (excludes halogenated alkanes) is 6. The van der Waals surface area contributed by atoms with Crippen LogP contribution in [-0.4, -0.2) is 0 Å². The average molecular weight is 234 g/mol. The van der Waals surface area contributed by atoms with Crippen molar-refractivity contribution in [3.8, 4) is 0 Å². The van der Waals surface area contributed by atoms with Gasteiger partial charge >= 0.3 is 90.8 Å². The first-order valence-corrected chi connectivity index (χ1v) is 7.17. The van der Waals surface area contributed by atoms with Gasteiger partial charge in [0.25, 0.3) is 0 Å². The Morgan fingerprint density at radius 1 is 0.615 bits per heavy atom. The Labute approximate surface area is 91.0 Å². The van der Waals surface area contributed by atoms with Crippen LogP contribution in [0.4, 0.5) is 0 Å². The summed E-state index contributed by atoms with van der Waals surface area (Å²) in [5.41, 5.74) is 0. The summed E-state index contributed by atoms with van der Waals surface area (Å²) in [6.07, 6.45) is 11.3. The van der Waals surface area contributed by atoms with Gasteiger partial charge in [0.15, 0.2) is 0 Å². The first kappa shape index (κ1) is 13.5. The summed E-state index contributed by atoms with van der Waals surface area (Å²) in [4.78, 5) is 0. The first-order valence-electron chi connectivity index (χ1n) is 5.84. The van der Waals surface area contributed by atoms with Crippen molar-refractivity contribution in [2.75, 3.05) is 0 Å². The number of hydrogen-bond donors (Lipinski definition) is 0. The van der Waals surface area contributed by atoms with E-state index in [9.17, 15) is 0 Å². The van der Waals surface area contributed by atoms with E-state index < -0.39 is 0 Å². The summed E-state index contributed by atoms with van der Waals surface area (Å²) in [6, 6.07) is 0. The molecule has 0 radical (unpaired) electrons. The Kier molecular flexibility index (Phi) is 13.0. The van der Waals surface area contributed by atoms with Crippen molar-refractivity contribution >= 4 is 0 Å². The predicted octanol–water partition coefficient (Wildman–Crippen LogP) is 5.07. The molecule has 0 aromatic rings. The molecular formula is C12H26Cu. The van der Waals surface area contributed by atoms with Crippen LogP contribution in [0.5, 0.6) is 0 Å². The van der Waals surface area contributed by atoms with Crippen LogP contribution >= 0.6 is 0 Å². The molecule has 0 bridgehead atoms. The van der Waals surface area contributed by atoms with Gasteiger partial charge in [0.1, 0.15) is 0 Å². The van der Waals surface area contributed by atoms with E-state index >= 15 is 0 Å². The van der Waals surface area contributed by atoms with E-state index in [0.29, 0.717) is 0 Å². The molecule has 13 heavy (non-hydrogen) atoms. The van der Waals surface area contributed by atoms with E-state index in [1.807, 2.05) is 0 Å². The molecule has 0 spiro atoms. The van der Waals surface area contributed by atoms with Crippen molar-refractivity contribution in [3.63, 3.8) is 0 Å². The molecule has 0 aliphatic rings. The van der Waals surface area contributed by atoms with Crippen LogP contribution in [0.3, 0.4) is 0 Å². The van der Waals surface area contributed by atoms with Crippen molar-refractivity contribution in [1.29, 1.82) is 0 Å². The Balaban J connectivity index is 2.76. The zero-order valence-corrected chi connectivity index (χ0v) is 10.3. The molecule has 0 aromatic heterocycles. The number of rotatable bonds is 10. The van der Waals surface area contributed by atoms with E-state index in [1.165, 1.54) is 62.0 Å². The third-order valence-electron chi connectivity index (χ3n) is 2.13. The van der Waals surface area contributed by atoms with Gasteiger partial charge in [-0.15, -0.1) is 0 Å². The third kappa shape index (κ3) is 12.5. The van der Waals surface area contributed by atoms with Crippen LogP contribution in [0.1, 0.15) is 65.2 Å². The van der Waals surface area contributed by atoms with Gasteiger partial charge in [0.2, 0.25) is 0 Å². The van der Waals surface area contributed by atoms with Crippen molar-refractivity contribution in [2.45, 2.75) is 75.9 Å². The van der Waals surface area contributed by atoms with Crippen LogP contribution in [0.15, 0.2) is 0 Å². The molecule has 0 fully saturated rings. The van der Waals surface area contributed by atoms with E-state index in [0.717, 1.165) is 0 Å². The Hall–Kier alpha value is 0.519. The minimum atomic E-state index is 1.36. The fraction of sp³-hybridized carbons (Fsp3) is 1.00. The molecule has 0 unspecified atom stereocenters. The molecule has 0 rings (SSSR count). The summed E-state index contributed by atoms with van der Waals surface area (Å²) in [5.74, 6) is 0. The summed E-state index contributed by atoms with van der Waals surface area (Å²) < 4.78 is 0. The third-order valence-corrected chi connectivity index (χ3v) is 3.47. The van der Waals surface area contributed by atoms with Gasteiger partial charge < -0.3 is 0 Å². The van der Waals surface area contributed by atoms with Gasteiger partial charge in [-0.2, -0.15) is 0 Å². The fourth-order valence-electron chi connectivity index (χ4n) is 1.23. The molecule has 0 atom stereocenters. The molecule has 0 N–H and O–H groups in total. The van der Waals surface area contributed by atoms with Gasteiger partial charge in [0, 0.05) is 0 Å². The van der Waals surface area contributed by atoms with Crippen LogP contribution in [0.2, 0.25) is 10.6 Å². The molecule has 0 saturated heterocycles. The van der Waals surface area contributed by atoms with Crippen molar-refractivity contribution < 1.29 is 15.0 Å². The molecule has 0 amide bonds. The van der Waals surface area contributed by atoms with Crippen LogP contribution < -0.4 is 0 Å². The Morgan fingerprint density at radius 2 is 1.08 bits per heavy atom. The van der Waals surface area contributed by atoms with Crippen molar-refractivity contribution in [3.05, 3.63) is 0 Å². The van der Waals surface area contributed by atoms with E-state index in [4.69, 9.17) is 0 Å². The van der Waals surface area contributed by atoms with E-state index in [-0.39, 0.29) is 0 Å². The fourth-order valence-corrected chi connectivity index (χ4v) is 2.41. The second-order valence-electron chi connectivity index (χ2n) is 3.57. The molecule has 0 nitrogen and oxygen atoms in total. The standard InChI is InChI=1S/2C6H13.Cu/c2*1-3-5-6-4-2;/h2*1,3-6H2,2H3;. The van der Waals surface area contributed by atoms with E-state index in [1.54, 1.807) is 0 Å². The maximum atomic E-state index is 2.27. The Morgan fingerprint density at radius 3 is 1.46 bits per heavy atom. The summed E-state index contributed by atoms with van der Waals surface area (Å²) in [5, 5.41) is 2.77. The monoisotopic (exact) mass is 233 g/mol. The summed E-state index contributed by atoms with van der Waals surface area (Å²) in [6.45, 7) is 4.55. The number of hydrogen-bond acceptors (Lipinski definition) is 0. The SMILES string of the molecule is CCCCC[CH2][Cu][CH2]CCCCC. The molecule has 85 valence electrons. The normalized spacial score (nSPS) is 10.9. The van der Waals surface area contributed by atoms with Gasteiger partial charge in [-0.25, -0.2) is 0 Å². The summed E-state index contributed by atoms with van der Waals surface area (Å²) >= 11 is 2.24. The Bertz CT molecular complexity index is 71.2. The average Bonchev–Trinajstić information content (AvgIpc) is 2.16. The maximum absolute atomic E-state index is 2.27. The molecular weight excluding hydrogens is 208 g/mol. The topological polar surface area (TPSA) is 0 Å². The first-order chi connectivity index (χ1) is 6.41. The molecule has 0 aromatic carbocycles. The minimum absolute atomic E-state index is 1.36. The van der Waals surface area contributed by atoms with Crippen LogP contribution in [0, 0.1) is 0 Å². The quantitative estimate of drug-likeness (QED) is 0.365. The molecule has 0 saturated carbocycles. The summed E-state index contributed by atoms with van der Waals surface area (Å²) in [7, 11) is 0. The molecule has 1 heteroatoms. The van der Waals surface area contributed by atoms with Crippen molar-refractivity contribution in [2.24, 2.45) is 0 Å². The molecule has 0 aliphatic carbocycles. The van der Waals surface area contributed by atoms with Crippen LogP contribution in [-0.2, 0) is 15.0 Å². The van der Waals surface area contributed by atoms with Gasteiger partial charge in [-0.3, -0.25) is 0 Å². The molecule has 0 heterocycles. The predicted molar refractivity (Wildman–Crippen MR) is 57.9 cm³/mol. The second kappa shape index (κ2) is 12.5. The second-order valence-corrected chi connectivity index (χ2v) is 4.99. The van der Waals surface area contributed by atoms with E-state index in [2.05, 4.69) is 28.8 Å². The van der Waals surface area contributed by atoms with Gasteiger partial charge in [-0.1, -0.05) is 0 Å². The van der Waals surface area contributed by atoms with Gasteiger partial charge in [-0.05, 0) is 0 Å². The zero-order chi connectivity index (χ0) is 9.78. The molecule has 0 aliphatic heterocycles.